The maximum absolute atomic E-state index is 4.32. The van der Waals surface area contributed by atoms with Gasteiger partial charge in [0.15, 0.2) is 0 Å². The summed E-state index contributed by atoms with van der Waals surface area (Å²) in [4.78, 5) is 4.32. The van der Waals surface area contributed by atoms with Crippen molar-refractivity contribution in [2.75, 3.05) is 13.1 Å². The van der Waals surface area contributed by atoms with E-state index in [2.05, 4.69) is 48.7 Å². The summed E-state index contributed by atoms with van der Waals surface area (Å²) in [5.74, 6) is 0.759. The summed E-state index contributed by atoms with van der Waals surface area (Å²) in [7, 11) is 0. The van der Waals surface area contributed by atoms with Crippen molar-refractivity contribution in [3.05, 3.63) is 28.5 Å². The number of halogens is 1. The predicted octanol–water partition coefficient (Wildman–Crippen LogP) is 1.73. The van der Waals surface area contributed by atoms with Gasteiger partial charge in [0.05, 0.1) is 12.2 Å². The van der Waals surface area contributed by atoms with Crippen LogP contribution < -0.4 is 5.32 Å². The monoisotopic (exact) mass is 342 g/mol. The number of nitrogens with zero attached hydrogens (tertiary/aromatic N) is 5. The fourth-order valence-corrected chi connectivity index (χ4v) is 2.49. The molecule has 0 atom stereocenters. The molecule has 1 N–H and O–H groups in total. The zero-order valence-electron chi connectivity index (χ0n) is 10.6. The molecule has 0 aromatic carbocycles. The smallest absolute Gasteiger partial charge is 0.209 e. The highest BCUT2D eigenvalue weighted by atomic mass is 79.9. The number of hydrogen-bond acceptors (Lipinski definition) is 6. The van der Waals surface area contributed by atoms with Crippen molar-refractivity contribution < 1.29 is 0 Å². The van der Waals surface area contributed by atoms with Crippen LogP contribution in [-0.4, -0.2) is 38.3 Å². The number of rotatable bonds is 7. The molecule has 0 saturated heterocycles. The molecule has 0 fully saturated rings. The van der Waals surface area contributed by atoms with Crippen LogP contribution in [0.2, 0.25) is 0 Å². The minimum absolute atomic E-state index is 0.759. The molecule has 0 aliphatic carbocycles. The minimum Gasteiger partial charge on any atom is -0.315 e. The van der Waals surface area contributed by atoms with E-state index in [1.54, 1.807) is 18.0 Å². The van der Waals surface area contributed by atoms with Gasteiger partial charge in [0.25, 0.3) is 0 Å². The number of thioether (sulfide) groups is 1. The third-order valence-corrected chi connectivity index (χ3v) is 3.85. The minimum atomic E-state index is 0.759. The molecule has 8 heteroatoms. The topological polar surface area (TPSA) is 68.5 Å². The molecule has 0 radical (unpaired) electrons. The number of nitrogens with one attached hydrogen (secondary N) is 1. The van der Waals surface area contributed by atoms with Crippen molar-refractivity contribution in [1.29, 1.82) is 0 Å². The van der Waals surface area contributed by atoms with Crippen molar-refractivity contribution in [3.8, 4) is 0 Å². The lowest BCUT2D eigenvalue weighted by atomic mass is 10.4. The molecule has 19 heavy (non-hydrogen) atoms. The zero-order chi connectivity index (χ0) is 13.5. The average Bonchev–Trinajstić information content (AvgIpc) is 2.86. The molecule has 102 valence electrons. The highest BCUT2D eigenvalue weighted by molar-refractivity contribution is 9.10. The number of aromatic nitrogens is 5. The van der Waals surface area contributed by atoms with Gasteiger partial charge in [-0.15, -0.1) is 5.10 Å². The fourth-order valence-electron chi connectivity index (χ4n) is 1.43. The summed E-state index contributed by atoms with van der Waals surface area (Å²) in [6.07, 6.45) is 1.80. The van der Waals surface area contributed by atoms with Crippen LogP contribution in [0, 0.1) is 0 Å². The van der Waals surface area contributed by atoms with E-state index in [1.165, 1.54) is 0 Å². The first-order chi connectivity index (χ1) is 9.29. The van der Waals surface area contributed by atoms with Crippen molar-refractivity contribution in [1.82, 2.24) is 30.5 Å². The van der Waals surface area contributed by atoms with Crippen molar-refractivity contribution >= 4 is 27.7 Å². The largest absolute Gasteiger partial charge is 0.315 e. The highest BCUT2D eigenvalue weighted by Gasteiger charge is 2.07. The van der Waals surface area contributed by atoms with E-state index in [4.69, 9.17) is 0 Å². The van der Waals surface area contributed by atoms with Crippen LogP contribution in [-0.2, 0) is 12.3 Å². The van der Waals surface area contributed by atoms with Crippen LogP contribution in [0.4, 0.5) is 0 Å². The molecule has 6 nitrogen and oxygen atoms in total. The Labute approximate surface area is 124 Å². The van der Waals surface area contributed by atoms with Gasteiger partial charge >= 0.3 is 0 Å². The average molecular weight is 343 g/mol. The fraction of sp³-hybridized carbons (Fsp3) is 0.455. The lowest BCUT2D eigenvalue weighted by molar-refractivity contribution is 0.517. The van der Waals surface area contributed by atoms with Gasteiger partial charge in [-0.2, -0.15) is 0 Å². The Bertz CT molecular complexity index is 500. The van der Waals surface area contributed by atoms with Gasteiger partial charge < -0.3 is 5.32 Å². The van der Waals surface area contributed by atoms with Crippen LogP contribution in [0.1, 0.15) is 12.6 Å². The SMILES string of the molecule is CCNCCn1nnnc1SCc1ccc(Br)cn1. The first-order valence-corrected chi connectivity index (χ1v) is 7.77. The van der Waals surface area contributed by atoms with Crippen LogP contribution in [0.3, 0.4) is 0 Å². The van der Waals surface area contributed by atoms with E-state index in [9.17, 15) is 0 Å². The van der Waals surface area contributed by atoms with Gasteiger partial charge in [0.1, 0.15) is 0 Å². The molecule has 0 aliphatic rings. The summed E-state index contributed by atoms with van der Waals surface area (Å²) in [6, 6.07) is 3.97. The zero-order valence-corrected chi connectivity index (χ0v) is 13.0. The molecule has 2 aromatic rings. The molecule has 0 bridgehead atoms. The molecular weight excluding hydrogens is 328 g/mol. The highest BCUT2D eigenvalue weighted by Crippen LogP contribution is 2.19. The maximum Gasteiger partial charge on any atom is 0.209 e. The molecule has 0 spiro atoms. The van der Waals surface area contributed by atoms with Gasteiger partial charge in [0, 0.05) is 23.0 Å². The molecule has 2 heterocycles. The number of likely N-dealkylation sites (N-methyl/N-ethyl adjacent to an activating group) is 1. The predicted molar refractivity (Wildman–Crippen MR) is 77.9 cm³/mol. The molecule has 2 aromatic heterocycles. The second kappa shape index (κ2) is 7.56. The lowest BCUT2D eigenvalue weighted by Crippen LogP contribution is -2.20. The van der Waals surface area contributed by atoms with E-state index in [-0.39, 0.29) is 0 Å². The molecule has 0 saturated carbocycles. The second-order valence-corrected chi connectivity index (χ2v) is 5.65. The van der Waals surface area contributed by atoms with Crippen LogP contribution in [0.15, 0.2) is 28.0 Å². The summed E-state index contributed by atoms with van der Waals surface area (Å²) in [5, 5.41) is 15.8. The third-order valence-electron chi connectivity index (χ3n) is 2.39. The normalized spacial score (nSPS) is 10.8. The van der Waals surface area contributed by atoms with Gasteiger partial charge in [-0.05, 0) is 45.0 Å². The van der Waals surface area contributed by atoms with E-state index in [0.717, 1.165) is 40.7 Å². The van der Waals surface area contributed by atoms with E-state index >= 15 is 0 Å². The van der Waals surface area contributed by atoms with E-state index < -0.39 is 0 Å². The van der Waals surface area contributed by atoms with Crippen molar-refractivity contribution in [2.45, 2.75) is 24.4 Å². The van der Waals surface area contributed by atoms with Crippen LogP contribution >= 0.6 is 27.7 Å². The number of pyridine rings is 1. The van der Waals surface area contributed by atoms with E-state index in [0.29, 0.717) is 0 Å². The Morgan fingerprint density at radius 1 is 1.42 bits per heavy atom. The molecule has 0 aliphatic heterocycles. The summed E-state index contributed by atoms with van der Waals surface area (Å²) in [6.45, 7) is 4.67. The Morgan fingerprint density at radius 3 is 3.05 bits per heavy atom. The third kappa shape index (κ3) is 4.55. The summed E-state index contributed by atoms with van der Waals surface area (Å²) in [5.41, 5.74) is 1.01. The van der Waals surface area contributed by atoms with Crippen LogP contribution in [0.5, 0.6) is 0 Å². The van der Waals surface area contributed by atoms with Crippen molar-refractivity contribution in [3.63, 3.8) is 0 Å². The number of tetrazole rings is 1. The molecule has 2 rings (SSSR count). The van der Waals surface area contributed by atoms with Crippen molar-refractivity contribution in [2.24, 2.45) is 0 Å². The van der Waals surface area contributed by atoms with Gasteiger partial charge in [0.2, 0.25) is 5.16 Å². The van der Waals surface area contributed by atoms with E-state index in [1.807, 2.05) is 16.8 Å². The van der Waals surface area contributed by atoms with Gasteiger partial charge in [-0.25, -0.2) is 4.68 Å². The summed E-state index contributed by atoms with van der Waals surface area (Å²) < 4.78 is 2.79. The molecule has 0 amide bonds. The van der Waals surface area contributed by atoms with Crippen LogP contribution in [0.25, 0.3) is 0 Å². The Morgan fingerprint density at radius 2 is 2.32 bits per heavy atom. The first kappa shape index (κ1) is 14.4. The maximum atomic E-state index is 4.32. The second-order valence-electron chi connectivity index (χ2n) is 3.79. The standard InChI is InChI=1S/C11H15BrN6S/c1-2-13-5-6-18-11(15-16-17-18)19-8-10-4-3-9(12)7-14-10/h3-4,7,13H,2,5-6,8H2,1H3. The quantitative estimate of drug-likeness (QED) is 0.610. The molecular formula is C11H15BrN6S. The molecule has 0 unspecified atom stereocenters. The lowest BCUT2D eigenvalue weighted by Gasteiger charge is -2.04. The Balaban J connectivity index is 1.88. The van der Waals surface area contributed by atoms with Gasteiger partial charge in [-0.3, -0.25) is 4.98 Å². The Hall–Kier alpha value is -0.990. The van der Waals surface area contributed by atoms with Gasteiger partial charge in [-0.1, -0.05) is 18.7 Å². The summed E-state index contributed by atoms with van der Waals surface area (Å²) >= 11 is 4.96. The number of hydrogen-bond donors (Lipinski definition) is 1. The first-order valence-electron chi connectivity index (χ1n) is 5.99. The Kier molecular flexibility index (Phi) is 5.74.